The van der Waals surface area contributed by atoms with Gasteiger partial charge in [-0.05, 0) is 66.6 Å². The summed E-state index contributed by atoms with van der Waals surface area (Å²) >= 11 is 0. The molecular formula is C32H37N3O4. The second kappa shape index (κ2) is 13.6. The summed E-state index contributed by atoms with van der Waals surface area (Å²) in [6, 6.07) is 24.9. The Balaban J connectivity index is 1.50. The number of carbonyl (C=O) groups excluding carboxylic acids is 2. The van der Waals surface area contributed by atoms with Gasteiger partial charge in [0.15, 0.2) is 0 Å². The molecule has 0 unspecified atom stereocenters. The number of nitrogens with zero attached hydrogens (tertiary/aromatic N) is 1. The molecule has 204 valence electrons. The minimum absolute atomic E-state index is 0.0698. The second-order valence-corrected chi connectivity index (χ2v) is 10.2. The molecule has 4 rings (SSSR count). The molecule has 3 aromatic carbocycles. The standard InChI is InChI=1S/C32H37N3O4/c1-23(25-8-4-2-5-9-25)34-32(39)35(29-18-16-27(17-19-29)26-10-6-3-7-11-26)22-24-12-14-28(15-13-24)31(38)33-21-20-30(36)37/h2,4-5,8-9,12-19,23,26H,3,6-7,10-11,20-22H2,1H3,(H,33,38)(H,34,39)(H,36,37)/t23-/m0/s1. The monoisotopic (exact) mass is 527 g/mol. The summed E-state index contributed by atoms with van der Waals surface area (Å²) in [7, 11) is 0. The first-order valence-electron chi connectivity index (χ1n) is 13.7. The van der Waals surface area contributed by atoms with Crippen LogP contribution in [0.1, 0.15) is 84.5 Å². The Hall–Kier alpha value is -4.13. The van der Waals surface area contributed by atoms with Crippen molar-refractivity contribution in [1.29, 1.82) is 0 Å². The Kier molecular flexibility index (Phi) is 9.73. The molecule has 1 saturated carbocycles. The topological polar surface area (TPSA) is 98.7 Å². The number of urea groups is 1. The van der Waals surface area contributed by atoms with Gasteiger partial charge in [0, 0.05) is 17.8 Å². The van der Waals surface area contributed by atoms with Gasteiger partial charge in [-0.2, -0.15) is 0 Å². The zero-order chi connectivity index (χ0) is 27.6. The fourth-order valence-electron chi connectivity index (χ4n) is 5.06. The third kappa shape index (κ3) is 7.93. The highest BCUT2D eigenvalue weighted by molar-refractivity contribution is 5.94. The minimum atomic E-state index is -0.961. The first-order chi connectivity index (χ1) is 18.9. The van der Waals surface area contributed by atoms with Crippen LogP contribution in [-0.4, -0.2) is 29.6 Å². The molecule has 3 amide bonds. The van der Waals surface area contributed by atoms with Crippen LogP contribution < -0.4 is 15.5 Å². The average Bonchev–Trinajstić information content (AvgIpc) is 2.97. The fraction of sp³-hybridized carbons (Fsp3) is 0.344. The van der Waals surface area contributed by atoms with Crippen LogP contribution in [0.3, 0.4) is 0 Å². The van der Waals surface area contributed by atoms with Crippen molar-refractivity contribution in [2.75, 3.05) is 11.4 Å². The third-order valence-corrected chi connectivity index (χ3v) is 7.35. The molecule has 0 heterocycles. The van der Waals surface area contributed by atoms with Gasteiger partial charge in [0.05, 0.1) is 19.0 Å². The number of carboxylic acid groups (broad SMARTS) is 1. The number of carboxylic acids is 1. The highest BCUT2D eigenvalue weighted by atomic mass is 16.4. The van der Waals surface area contributed by atoms with Crippen molar-refractivity contribution >= 4 is 23.6 Å². The molecule has 1 atom stereocenters. The fourth-order valence-corrected chi connectivity index (χ4v) is 5.06. The highest BCUT2D eigenvalue weighted by Gasteiger charge is 2.21. The van der Waals surface area contributed by atoms with Gasteiger partial charge in [-0.1, -0.05) is 73.9 Å². The quantitative estimate of drug-likeness (QED) is 0.283. The molecule has 1 fully saturated rings. The number of anilines is 1. The van der Waals surface area contributed by atoms with E-state index in [0.717, 1.165) is 16.8 Å². The summed E-state index contributed by atoms with van der Waals surface area (Å²) in [5.74, 6) is -0.702. The summed E-state index contributed by atoms with van der Waals surface area (Å²) in [6.07, 6.45) is 6.15. The van der Waals surface area contributed by atoms with Gasteiger partial charge in [-0.15, -0.1) is 0 Å². The number of aliphatic carboxylic acids is 1. The molecule has 0 aliphatic heterocycles. The van der Waals surface area contributed by atoms with Gasteiger partial charge in [-0.25, -0.2) is 4.79 Å². The van der Waals surface area contributed by atoms with Crippen molar-refractivity contribution in [3.8, 4) is 0 Å². The van der Waals surface area contributed by atoms with Crippen molar-refractivity contribution in [2.45, 2.75) is 64.0 Å². The Labute approximate surface area is 230 Å². The predicted octanol–water partition coefficient (Wildman–Crippen LogP) is 6.42. The lowest BCUT2D eigenvalue weighted by atomic mass is 9.84. The lowest BCUT2D eigenvalue weighted by Crippen LogP contribution is -2.40. The van der Waals surface area contributed by atoms with Crippen molar-refractivity contribution in [2.24, 2.45) is 0 Å². The van der Waals surface area contributed by atoms with Crippen LogP contribution >= 0.6 is 0 Å². The van der Waals surface area contributed by atoms with Gasteiger partial charge < -0.3 is 15.7 Å². The van der Waals surface area contributed by atoms with Crippen LogP contribution in [0.4, 0.5) is 10.5 Å². The van der Waals surface area contributed by atoms with E-state index in [1.165, 1.54) is 37.7 Å². The smallest absolute Gasteiger partial charge is 0.322 e. The third-order valence-electron chi connectivity index (χ3n) is 7.35. The van der Waals surface area contributed by atoms with Crippen molar-refractivity contribution < 1.29 is 19.5 Å². The first-order valence-corrected chi connectivity index (χ1v) is 13.7. The molecule has 3 N–H and O–H groups in total. The molecular weight excluding hydrogens is 490 g/mol. The van der Waals surface area contributed by atoms with Crippen LogP contribution in [-0.2, 0) is 11.3 Å². The molecule has 0 spiro atoms. The zero-order valence-electron chi connectivity index (χ0n) is 22.4. The van der Waals surface area contributed by atoms with E-state index in [2.05, 4.69) is 22.8 Å². The molecule has 0 aromatic heterocycles. The summed E-state index contributed by atoms with van der Waals surface area (Å²) < 4.78 is 0. The molecule has 3 aromatic rings. The van der Waals surface area contributed by atoms with Gasteiger partial charge in [0.1, 0.15) is 0 Å². The maximum absolute atomic E-state index is 13.6. The predicted molar refractivity (Wildman–Crippen MR) is 153 cm³/mol. The van der Waals surface area contributed by atoms with E-state index >= 15 is 0 Å². The van der Waals surface area contributed by atoms with Crippen molar-refractivity contribution in [1.82, 2.24) is 10.6 Å². The molecule has 7 nitrogen and oxygen atoms in total. The van der Waals surface area contributed by atoms with Crippen LogP contribution in [0.25, 0.3) is 0 Å². The van der Waals surface area contributed by atoms with Gasteiger partial charge in [-0.3, -0.25) is 14.5 Å². The van der Waals surface area contributed by atoms with Crippen LogP contribution in [0.15, 0.2) is 78.9 Å². The first kappa shape index (κ1) is 27.9. The van der Waals surface area contributed by atoms with E-state index in [1.54, 1.807) is 17.0 Å². The van der Waals surface area contributed by atoms with Crippen LogP contribution in [0.2, 0.25) is 0 Å². The summed E-state index contributed by atoms with van der Waals surface area (Å²) in [5, 5.41) is 14.5. The van der Waals surface area contributed by atoms with E-state index in [9.17, 15) is 14.4 Å². The van der Waals surface area contributed by atoms with E-state index in [1.807, 2.05) is 61.5 Å². The highest BCUT2D eigenvalue weighted by Crippen LogP contribution is 2.33. The molecule has 1 aliphatic carbocycles. The lowest BCUT2D eigenvalue weighted by Gasteiger charge is -2.27. The second-order valence-electron chi connectivity index (χ2n) is 10.2. The normalized spacial score (nSPS) is 14.3. The molecule has 1 aliphatic rings. The van der Waals surface area contributed by atoms with E-state index in [4.69, 9.17) is 5.11 Å². The number of hydrogen-bond acceptors (Lipinski definition) is 3. The molecule has 0 saturated heterocycles. The molecule has 39 heavy (non-hydrogen) atoms. The van der Waals surface area contributed by atoms with Gasteiger partial charge >= 0.3 is 12.0 Å². The largest absolute Gasteiger partial charge is 0.481 e. The number of hydrogen-bond donors (Lipinski definition) is 3. The van der Waals surface area contributed by atoms with Crippen LogP contribution in [0.5, 0.6) is 0 Å². The maximum atomic E-state index is 13.6. The Morgan fingerprint density at radius 1 is 0.897 bits per heavy atom. The Morgan fingerprint density at radius 2 is 1.56 bits per heavy atom. The summed E-state index contributed by atoms with van der Waals surface area (Å²) in [4.78, 5) is 38.3. The Bertz CT molecular complexity index is 1240. The van der Waals surface area contributed by atoms with E-state index in [0.29, 0.717) is 18.0 Å². The van der Waals surface area contributed by atoms with Crippen LogP contribution in [0, 0.1) is 0 Å². The molecule has 0 bridgehead atoms. The number of carbonyl (C=O) groups is 3. The zero-order valence-corrected chi connectivity index (χ0v) is 22.4. The van der Waals surface area contributed by atoms with E-state index in [-0.39, 0.29) is 30.9 Å². The SMILES string of the molecule is C[C@H](NC(=O)N(Cc1ccc(C(=O)NCCC(=O)O)cc1)c1ccc(C2CCCCC2)cc1)c1ccccc1. The number of benzene rings is 3. The number of rotatable bonds is 10. The van der Waals surface area contributed by atoms with Gasteiger partial charge in [0.2, 0.25) is 0 Å². The summed E-state index contributed by atoms with van der Waals surface area (Å²) in [6.45, 7) is 2.37. The summed E-state index contributed by atoms with van der Waals surface area (Å²) in [5.41, 5.74) is 4.47. The number of nitrogens with one attached hydrogen (secondary N) is 2. The lowest BCUT2D eigenvalue weighted by molar-refractivity contribution is -0.136. The average molecular weight is 528 g/mol. The van der Waals surface area contributed by atoms with Crippen molar-refractivity contribution in [3.63, 3.8) is 0 Å². The molecule has 0 radical (unpaired) electrons. The number of amides is 3. The van der Waals surface area contributed by atoms with Crippen molar-refractivity contribution in [3.05, 3.63) is 101 Å². The maximum Gasteiger partial charge on any atom is 0.322 e. The van der Waals surface area contributed by atoms with E-state index < -0.39 is 5.97 Å². The molecule has 7 heteroatoms. The minimum Gasteiger partial charge on any atom is -0.481 e. The Morgan fingerprint density at radius 3 is 2.21 bits per heavy atom. The van der Waals surface area contributed by atoms with Gasteiger partial charge in [0.25, 0.3) is 5.91 Å².